The van der Waals surface area contributed by atoms with E-state index in [9.17, 15) is 0 Å². The fourth-order valence-corrected chi connectivity index (χ4v) is 0.884. The van der Waals surface area contributed by atoms with Gasteiger partial charge in [-0.2, -0.15) is 0 Å². The maximum atomic E-state index is 2.00. The molecule has 0 nitrogen and oxygen atoms in total. The van der Waals surface area contributed by atoms with E-state index in [-0.39, 0.29) is 72.8 Å². The first kappa shape index (κ1) is 29.2. The number of hydrogen-bond acceptors (Lipinski definition) is 0. The summed E-state index contributed by atoms with van der Waals surface area (Å²) < 4.78 is 0. The molecule has 1 rings (SSSR count). The normalized spacial score (nSPS) is 11.0. The van der Waals surface area contributed by atoms with E-state index in [1.54, 1.807) is 0 Å². The van der Waals surface area contributed by atoms with Gasteiger partial charge in [0.05, 0.1) is 0 Å². The average molecular weight is 323 g/mol. The van der Waals surface area contributed by atoms with Gasteiger partial charge in [-0.1, -0.05) is 59.8 Å². The third-order valence-corrected chi connectivity index (χ3v) is 1.25. The second-order valence-electron chi connectivity index (χ2n) is 1.77. The van der Waals surface area contributed by atoms with Gasteiger partial charge in [0.25, 0.3) is 0 Å². The first-order valence-corrected chi connectivity index (χ1v) is 4.50. The van der Waals surface area contributed by atoms with Crippen molar-refractivity contribution in [3.8, 4) is 0 Å². The number of hydrogen-bond donors (Lipinski definition) is 0. The molecule has 0 aliphatic heterocycles. The second kappa shape index (κ2) is 37.9. The van der Waals surface area contributed by atoms with E-state index in [0.29, 0.717) is 0 Å². The minimum atomic E-state index is 0. The van der Waals surface area contributed by atoms with Crippen molar-refractivity contribution in [2.75, 3.05) is 0 Å². The smallest absolute Gasteiger partial charge is 0 e. The van der Waals surface area contributed by atoms with E-state index in [1.165, 1.54) is 32.1 Å². The predicted octanol–water partition coefficient (Wildman–Crippen LogP) is 4.45. The Morgan fingerprint density at radius 1 is 0.500 bits per heavy atom. The van der Waals surface area contributed by atoms with Gasteiger partial charge in [-0.3, -0.25) is 0 Å². The molecule has 0 spiro atoms. The van der Waals surface area contributed by atoms with Crippen LogP contribution in [0.5, 0.6) is 0 Å². The van der Waals surface area contributed by atoms with E-state index in [1.807, 2.05) is 27.7 Å². The third-order valence-electron chi connectivity index (χ3n) is 1.25. The SMILES string of the molecule is C1CCCC1.CC.CC.[CH3-].[Y].[Y]. The standard InChI is InChI=1S/C5H10.2C2H6.CH3.2Y/c1-2-4-5-3-1;2*1-2;;;/h1-5H2;2*1-2H3;1H3;;/q;;;-1;;. The van der Waals surface area contributed by atoms with Gasteiger partial charge in [0.15, 0.2) is 0 Å². The van der Waals surface area contributed by atoms with Crippen LogP contribution in [0.25, 0.3) is 0 Å². The van der Waals surface area contributed by atoms with Crippen LogP contribution in [0.4, 0.5) is 0 Å². The van der Waals surface area contributed by atoms with Gasteiger partial charge in [-0.05, 0) is 0 Å². The summed E-state index contributed by atoms with van der Waals surface area (Å²) >= 11 is 0. The Morgan fingerprint density at radius 2 is 0.583 bits per heavy atom. The molecule has 0 unspecified atom stereocenters. The molecule has 72 valence electrons. The Kier molecular flexibility index (Phi) is 92.3. The summed E-state index contributed by atoms with van der Waals surface area (Å²) in [6.07, 6.45) is 7.50. The zero-order valence-corrected chi connectivity index (χ0v) is 15.4. The summed E-state index contributed by atoms with van der Waals surface area (Å²) in [5.41, 5.74) is 0. The molecule has 0 atom stereocenters. The largest absolute Gasteiger partial charge is 0.358 e. The maximum Gasteiger partial charge on any atom is 0 e. The van der Waals surface area contributed by atoms with Crippen LogP contribution in [0.15, 0.2) is 0 Å². The van der Waals surface area contributed by atoms with Gasteiger partial charge in [0, 0.05) is 65.4 Å². The molecule has 2 heteroatoms. The molecule has 1 saturated carbocycles. The van der Waals surface area contributed by atoms with Crippen molar-refractivity contribution in [3.63, 3.8) is 0 Å². The third kappa shape index (κ3) is 29.5. The monoisotopic (exact) mass is 323 g/mol. The summed E-state index contributed by atoms with van der Waals surface area (Å²) in [5, 5.41) is 0. The molecule has 2 radical (unpaired) electrons. The maximum absolute atomic E-state index is 2.00. The minimum Gasteiger partial charge on any atom is -0.358 e. The molecule has 0 amide bonds. The zero-order valence-electron chi connectivity index (χ0n) is 9.69. The molecule has 0 aromatic carbocycles. The summed E-state index contributed by atoms with van der Waals surface area (Å²) in [5.74, 6) is 0. The van der Waals surface area contributed by atoms with Crippen molar-refractivity contribution in [1.82, 2.24) is 0 Å². The Balaban J connectivity index is -0.0000000213. The fourth-order valence-electron chi connectivity index (χ4n) is 0.884. The van der Waals surface area contributed by atoms with Crippen molar-refractivity contribution < 1.29 is 65.4 Å². The van der Waals surface area contributed by atoms with E-state index in [4.69, 9.17) is 0 Å². The van der Waals surface area contributed by atoms with E-state index in [2.05, 4.69) is 0 Å². The molecule has 0 aromatic heterocycles. The van der Waals surface area contributed by atoms with Gasteiger partial charge in [-0.15, -0.1) is 0 Å². The van der Waals surface area contributed by atoms with E-state index < -0.39 is 0 Å². The van der Waals surface area contributed by atoms with E-state index in [0.717, 1.165) is 0 Å². The molecule has 1 fully saturated rings. The van der Waals surface area contributed by atoms with Crippen molar-refractivity contribution >= 4 is 0 Å². The van der Waals surface area contributed by atoms with Crippen LogP contribution in [0.3, 0.4) is 0 Å². The van der Waals surface area contributed by atoms with Gasteiger partial charge in [-0.25, -0.2) is 0 Å². The van der Waals surface area contributed by atoms with Crippen LogP contribution in [0.1, 0.15) is 59.8 Å². The topological polar surface area (TPSA) is 0 Å². The van der Waals surface area contributed by atoms with Crippen LogP contribution in [-0.2, 0) is 65.4 Å². The Bertz CT molecular complexity index is 19.4. The summed E-state index contributed by atoms with van der Waals surface area (Å²) in [4.78, 5) is 0. The Hall–Kier alpha value is 2.21. The van der Waals surface area contributed by atoms with Crippen molar-refractivity contribution in [1.29, 1.82) is 0 Å². The molecule has 0 heterocycles. The van der Waals surface area contributed by atoms with Crippen LogP contribution in [0.2, 0.25) is 0 Å². The van der Waals surface area contributed by atoms with Gasteiger partial charge in [0.2, 0.25) is 0 Å². The zero-order chi connectivity index (χ0) is 7.54. The minimum absolute atomic E-state index is 0. The molecule has 1 aliphatic rings. The van der Waals surface area contributed by atoms with Gasteiger partial charge < -0.3 is 7.43 Å². The average Bonchev–Trinajstić information content (AvgIpc) is 2.51. The number of rotatable bonds is 0. The molecule has 0 aromatic rings. The molecule has 12 heavy (non-hydrogen) atoms. The Morgan fingerprint density at radius 3 is 0.667 bits per heavy atom. The van der Waals surface area contributed by atoms with Gasteiger partial charge in [0.1, 0.15) is 0 Å². The van der Waals surface area contributed by atoms with Crippen molar-refractivity contribution in [2.45, 2.75) is 59.8 Å². The predicted molar refractivity (Wildman–Crippen MR) is 52.2 cm³/mol. The van der Waals surface area contributed by atoms with E-state index >= 15 is 0 Å². The van der Waals surface area contributed by atoms with Crippen molar-refractivity contribution in [2.24, 2.45) is 0 Å². The Labute approximate surface area is 131 Å². The van der Waals surface area contributed by atoms with Crippen LogP contribution in [0, 0.1) is 7.43 Å². The van der Waals surface area contributed by atoms with Crippen LogP contribution < -0.4 is 0 Å². The molecule has 0 bridgehead atoms. The first-order chi connectivity index (χ1) is 4.50. The van der Waals surface area contributed by atoms with Crippen molar-refractivity contribution in [3.05, 3.63) is 7.43 Å². The second-order valence-corrected chi connectivity index (χ2v) is 1.77. The first-order valence-electron chi connectivity index (χ1n) is 4.50. The molecular weight excluding hydrogens is 298 g/mol. The molecule has 0 saturated heterocycles. The van der Waals surface area contributed by atoms with Crippen LogP contribution >= 0.6 is 0 Å². The molecule has 0 N–H and O–H groups in total. The van der Waals surface area contributed by atoms with Gasteiger partial charge >= 0.3 is 0 Å². The summed E-state index contributed by atoms with van der Waals surface area (Å²) in [6.45, 7) is 8.00. The van der Waals surface area contributed by atoms with Crippen LogP contribution in [-0.4, -0.2) is 0 Å². The summed E-state index contributed by atoms with van der Waals surface area (Å²) in [6, 6.07) is 0. The fraction of sp³-hybridized carbons (Fsp3) is 0.900. The summed E-state index contributed by atoms with van der Waals surface area (Å²) in [7, 11) is 0. The quantitative estimate of drug-likeness (QED) is 0.578. The molecular formula is C10H25Y2-. The molecule has 1 aliphatic carbocycles.